The predicted molar refractivity (Wildman–Crippen MR) is 92.7 cm³/mol. The van der Waals surface area contributed by atoms with Crippen molar-refractivity contribution in [2.24, 2.45) is 0 Å². The number of hydrogen-bond acceptors (Lipinski definition) is 4. The number of likely N-dealkylation sites (tertiary alicyclic amines) is 1. The van der Waals surface area contributed by atoms with Crippen LogP contribution in [0.2, 0.25) is 5.02 Å². The molecule has 1 saturated heterocycles. The molecule has 128 valence electrons. The molecule has 6 heteroatoms. The fourth-order valence-electron chi connectivity index (χ4n) is 3.22. The van der Waals surface area contributed by atoms with E-state index in [4.69, 9.17) is 16.1 Å². The molecule has 2 heterocycles. The number of hydrogen-bond donors (Lipinski definition) is 0. The summed E-state index contributed by atoms with van der Waals surface area (Å²) in [6, 6.07) is 7.75. The van der Waals surface area contributed by atoms with E-state index in [9.17, 15) is 4.79 Å². The first-order chi connectivity index (χ1) is 11.7. The lowest BCUT2D eigenvalue weighted by molar-refractivity contribution is -0.135. The Balaban J connectivity index is 1.61. The molecule has 5 nitrogen and oxygen atoms in total. The van der Waals surface area contributed by atoms with Crippen LogP contribution in [-0.4, -0.2) is 33.5 Å². The molecule has 0 bridgehead atoms. The van der Waals surface area contributed by atoms with Crippen LogP contribution in [0.5, 0.6) is 0 Å². The summed E-state index contributed by atoms with van der Waals surface area (Å²) in [6.07, 6.45) is 5.30. The number of aromatic nitrogens is 2. The van der Waals surface area contributed by atoms with Crippen LogP contribution in [-0.2, 0) is 11.2 Å². The van der Waals surface area contributed by atoms with Gasteiger partial charge in [-0.25, -0.2) is 0 Å². The Bertz CT molecular complexity index is 701. The van der Waals surface area contributed by atoms with Gasteiger partial charge in [0.15, 0.2) is 0 Å². The Morgan fingerprint density at radius 3 is 3.00 bits per heavy atom. The second-order valence-electron chi connectivity index (χ2n) is 6.14. The van der Waals surface area contributed by atoms with Crippen molar-refractivity contribution in [3.63, 3.8) is 0 Å². The zero-order valence-corrected chi connectivity index (χ0v) is 14.6. The summed E-state index contributed by atoms with van der Waals surface area (Å²) < 4.78 is 5.27. The minimum absolute atomic E-state index is 0.180. The lowest BCUT2D eigenvalue weighted by Crippen LogP contribution is -2.43. The second kappa shape index (κ2) is 7.79. The SMILES string of the molecule is CCC1CCCCN1C(=O)CCc1nc(-c2ccccc2Cl)no1. The van der Waals surface area contributed by atoms with E-state index in [2.05, 4.69) is 17.1 Å². The van der Waals surface area contributed by atoms with Crippen molar-refractivity contribution < 1.29 is 9.32 Å². The molecule has 0 saturated carbocycles. The van der Waals surface area contributed by atoms with Crippen molar-refractivity contribution in [1.29, 1.82) is 0 Å². The Hall–Kier alpha value is -1.88. The summed E-state index contributed by atoms with van der Waals surface area (Å²) in [5.74, 6) is 1.12. The number of amides is 1. The minimum Gasteiger partial charge on any atom is -0.340 e. The first-order valence-corrected chi connectivity index (χ1v) is 8.93. The van der Waals surface area contributed by atoms with Gasteiger partial charge in [0.05, 0.1) is 5.02 Å². The van der Waals surface area contributed by atoms with Gasteiger partial charge in [-0.05, 0) is 37.8 Å². The molecular formula is C18H22ClN3O2. The average Bonchev–Trinajstić information content (AvgIpc) is 3.08. The van der Waals surface area contributed by atoms with Crippen molar-refractivity contribution in [3.8, 4) is 11.4 Å². The van der Waals surface area contributed by atoms with Crippen molar-refractivity contribution in [2.45, 2.75) is 51.5 Å². The Morgan fingerprint density at radius 2 is 2.21 bits per heavy atom. The molecule has 2 aromatic rings. The molecule has 0 spiro atoms. The van der Waals surface area contributed by atoms with Crippen LogP contribution < -0.4 is 0 Å². The van der Waals surface area contributed by atoms with E-state index < -0.39 is 0 Å². The molecule has 1 aromatic heterocycles. The van der Waals surface area contributed by atoms with Gasteiger partial charge in [0.1, 0.15) is 0 Å². The number of carbonyl (C=O) groups excluding carboxylic acids is 1. The fraction of sp³-hybridized carbons (Fsp3) is 0.500. The van der Waals surface area contributed by atoms with Gasteiger partial charge in [-0.15, -0.1) is 0 Å². The van der Waals surface area contributed by atoms with Gasteiger partial charge in [0.2, 0.25) is 17.6 Å². The average molecular weight is 348 g/mol. The molecule has 1 aliphatic rings. The number of carbonyl (C=O) groups is 1. The third-order valence-electron chi connectivity index (χ3n) is 4.55. The molecule has 1 atom stereocenters. The first-order valence-electron chi connectivity index (χ1n) is 8.56. The molecule has 1 amide bonds. The zero-order chi connectivity index (χ0) is 16.9. The van der Waals surface area contributed by atoms with Crippen LogP contribution in [0.3, 0.4) is 0 Å². The van der Waals surface area contributed by atoms with E-state index in [1.165, 1.54) is 6.42 Å². The topological polar surface area (TPSA) is 59.2 Å². The summed E-state index contributed by atoms with van der Waals surface area (Å²) in [5, 5.41) is 4.56. The molecule has 1 aliphatic heterocycles. The molecule has 24 heavy (non-hydrogen) atoms. The van der Waals surface area contributed by atoms with Crippen molar-refractivity contribution in [1.82, 2.24) is 15.0 Å². The maximum absolute atomic E-state index is 12.5. The summed E-state index contributed by atoms with van der Waals surface area (Å²) >= 11 is 6.15. The molecular weight excluding hydrogens is 326 g/mol. The van der Waals surface area contributed by atoms with Crippen LogP contribution in [0.15, 0.2) is 28.8 Å². The molecule has 1 unspecified atom stereocenters. The zero-order valence-electron chi connectivity index (χ0n) is 13.9. The maximum atomic E-state index is 12.5. The Labute approximate surface area is 147 Å². The van der Waals surface area contributed by atoms with Crippen LogP contribution in [0.25, 0.3) is 11.4 Å². The Kier molecular flexibility index (Phi) is 5.51. The van der Waals surface area contributed by atoms with Gasteiger partial charge in [-0.3, -0.25) is 4.79 Å². The van der Waals surface area contributed by atoms with Gasteiger partial charge in [-0.2, -0.15) is 4.98 Å². The van der Waals surface area contributed by atoms with E-state index in [-0.39, 0.29) is 5.91 Å². The Morgan fingerprint density at radius 1 is 1.38 bits per heavy atom. The van der Waals surface area contributed by atoms with Crippen molar-refractivity contribution in [2.75, 3.05) is 6.54 Å². The summed E-state index contributed by atoms with van der Waals surface area (Å²) in [5.41, 5.74) is 0.738. The number of rotatable bonds is 5. The lowest BCUT2D eigenvalue weighted by atomic mass is 9.99. The highest BCUT2D eigenvalue weighted by molar-refractivity contribution is 6.33. The number of piperidine rings is 1. The summed E-state index contributed by atoms with van der Waals surface area (Å²) in [6.45, 7) is 3.01. The van der Waals surface area contributed by atoms with E-state index >= 15 is 0 Å². The maximum Gasteiger partial charge on any atom is 0.227 e. The van der Waals surface area contributed by atoms with Crippen LogP contribution in [0.4, 0.5) is 0 Å². The first kappa shape index (κ1) is 17.0. The highest BCUT2D eigenvalue weighted by Crippen LogP contribution is 2.25. The van der Waals surface area contributed by atoms with Gasteiger partial charge in [0.25, 0.3) is 0 Å². The van der Waals surface area contributed by atoms with Crippen molar-refractivity contribution >= 4 is 17.5 Å². The van der Waals surface area contributed by atoms with Crippen LogP contribution >= 0.6 is 11.6 Å². The third kappa shape index (κ3) is 3.78. The van der Waals surface area contributed by atoms with Crippen LogP contribution in [0, 0.1) is 0 Å². The smallest absolute Gasteiger partial charge is 0.227 e. The molecule has 0 aliphatic carbocycles. The number of benzene rings is 1. The number of nitrogens with zero attached hydrogens (tertiary/aromatic N) is 3. The van der Waals surface area contributed by atoms with Gasteiger partial charge < -0.3 is 9.42 Å². The standard InChI is InChI=1S/C18H22ClN3O2/c1-2-13-7-5-6-12-22(13)17(23)11-10-16-20-18(21-24-16)14-8-3-4-9-15(14)19/h3-4,8-9,13H,2,5-7,10-12H2,1H3. The third-order valence-corrected chi connectivity index (χ3v) is 4.88. The lowest BCUT2D eigenvalue weighted by Gasteiger charge is -2.35. The summed E-state index contributed by atoms with van der Waals surface area (Å²) in [7, 11) is 0. The van der Waals surface area contributed by atoms with E-state index in [1.807, 2.05) is 23.1 Å². The highest BCUT2D eigenvalue weighted by Gasteiger charge is 2.25. The molecule has 0 N–H and O–H groups in total. The largest absolute Gasteiger partial charge is 0.340 e. The quantitative estimate of drug-likeness (QED) is 0.816. The highest BCUT2D eigenvalue weighted by atomic mass is 35.5. The van der Waals surface area contributed by atoms with Gasteiger partial charge in [-0.1, -0.05) is 35.8 Å². The fourth-order valence-corrected chi connectivity index (χ4v) is 3.44. The van der Waals surface area contributed by atoms with E-state index in [0.717, 1.165) is 31.4 Å². The number of aryl methyl sites for hydroxylation is 1. The molecule has 1 fully saturated rings. The van der Waals surface area contributed by atoms with Gasteiger partial charge in [0, 0.05) is 31.0 Å². The van der Waals surface area contributed by atoms with Crippen molar-refractivity contribution in [3.05, 3.63) is 35.2 Å². The predicted octanol–water partition coefficient (Wildman–Crippen LogP) is 4.11. The molecule has 3 rings (SSSR count). The van der Waals surface area contributed by atoms with Crippen LogP contribution in [0.1, 0.15) is 44.9 Å². The van der Waals surface area contributed by atoms with Gasteiger partial charge >= 0.3 is 0 Å². The number of halogens is 1. The summed E-state index contributed by atoms with van der Waals surface area (Å²) in [4.78, 5) is 18.9. The normalized spacial score (nSPS) is 17.9. The monoisotopic (exact) mass is 347 g/mol. The second-order valence-corrected chi connectivity index (χ2v) is 6.54. The van der Waals surface area contributed by atoms with E-state index in [1.54, 1.807) is 6.07 Å². The molecule has 1 aromatic carbocycles. The minimum atomic E-state index is 0.180. The van der Waals surface area contributed by atoms with E-state index in [0.29, 0.717) is 35.6 Å². The molecule has 0 radical (unpaired) electrons.